The Morgan fingerprint density at radius 2 is 1.56 bits per heavy atom. The molecule has 0 aliphatic rings. The number of rotatable bonds is 9. The van der Waals surface area contributed by atoms with Crippen LogP contribution in [-0.2, 0) is 0 Å². The third kappa shape index (κ3) is 6.81. The third-order valence-corrected chi connectivity index (χ3v) is 6.21. The van der Waals surface area contributed by atoms with Gasteiger partial charge in [-0.05, 0) is 79.6 Å². The smallest absolute Gasteiger partial charge is 0.269 e. The first-order chi connectivity index (χ1) is 19.7. The van der Waals surface area contributed by atoms with Crippen LogP contribution in [0.4, 0.5) is 39.3 Å². The van der Waals surface area contributed by atoms with E-state index >= 15 is 0 Å². The monoisotopic (exact) mass is 572 g/mol. The number of anilines is 5. The SMILES string of the molecule is Cc1ccc(Nc2nc(N/N=C\c3ccc(-c4ccc(F)c(Cl)c4)o3)nc(Nc3ccc([N+](=O)[O-])cc3)n2)cc1C. The highest BCUT2D eigenvalue weighted by atomic mass is 35.5. The molecule has 3 aromatic carbocycles. The van der Waals surface area contributed by atoms with Crippen LogP contribution < -0.4 is 16.1 Å². The van der Waals surface area contributed by atoms with Gasteiger partial charge in [-0.3, -0.25) is 10.1 Å². The Bertz CT molecular complexity index is 1760. The van der Waals surface area contributed by atoms with E-state index in [9.17, 15) is 14.5 Å². The lowest BCUT2D eigenvalue weighted by molar-refractivity contribution is -0.384. The van der Waals surface area contributed by atoms with E-state index in [-0.39, 0.29) is 28.6 Å². The van der Waals surface area contributed by atoms with Crippen molar-refractivity contribution in [2.45, 2.75) is 13.8 Å². The van der Waals surface area contributed by atoms with E-state index < -0.39 is 10.7 Å². The molecule has 0 unspecified atom stereocenters. The van der Waals surface area contributed by atoms with Crippen LogP contribution >= 0.6 is 11.6 Å². The van der Waals surface area contributed by atoms with Crippen LogP contribution in [0, 0.1) is 29.8 Å². The molecule has 0 amide bonds. The minimum Gasteiger partial charge on any atom is -0.455 e. The minimum absolute atomic E-state index is 0.00558. The van der Waals surface area contributed by atoms with Gasteiger partial charge < -0.3 is 15.1 Å². The van der Waals surface area contributed by atoms with Gasteiger partial charge in [-0.15, -0.1) is 0 Å². The van der Waals surface area contributed by atoms with E-state index in [1.165, 1.54) is 30.5 Å². The minimum atomic E-state index is -0.515. The summed E-state index contributed by atoms with van der Waals surface area (Å²) in [7, 11) is 0. The molecule has 13 heteroatoms. The third-order valence-electron chi connectivity index (χ3n) is 5.92. The molecular formula is C28H22ClFN8O3. The number of non-ortho nitro benzene ring substituents is 1. The second-order valence-electron chi connectivity index (χ2n) is 8.86. The number of hydrazone groups is 1. The molecule has 2 aromatic heterocycles. The lowest BCUT2D eigenvalue weighted by atomic mass is 10.1. The Kier molecular flexibility index (Phi) is 7.83. The standard InChI is InChI=1S/C28H22ClFN8O3/c1-16-3-5-20(13-17(16)2)33-27-34-26(32-19-6-8-21(9-7-19)38(39)40)35-28(36-27)37-31-15-22-10-12-25(41-22)18-4-11-24(30)23(29)14-18/h3-15H,1-2H3,(H3,32,33,34,35,36,37)/b31-15-. The van der Waals surface area contributed by atoms with Crippen molar-refractivity contribution >= 4 is 52.7 Å². The fraction of sp³-hybridized carbons (Fsp3) is 0.0714. The van der Waals surface area contributed by atoms with Gasteiger partial charge in [0.15, 0.2) is 0 Å². The van der Waals surface area contributed by atoms with Crippen LogP contribution in [0.3, 0.4) is 0 Å². The fourth-order valence-corrected chi connectivity index (χ4v) is 3.84. The first-order valence-electron chi connectivity index (χ1n) is 12.2. The lowest BCUT2D eigenvalue weighted by Crippen LogP contribution is -2.07. The maximum atomic E-state index is 13.5. The van der Waals surface area contributed by atoms with E-state index in [1.54, 1.807) is 30.3 Å². The number of nitrogens with zero attached hydrogens (tertiary/aromatic N) is 5. The van der Waals surface area contributed by atoms with Gasteiger partial charge in [0.05, 0.1) is 16.2 Å². The van der Waals surface area contributed by atoms with Crippen molar-refractivity contribution in [2.75, 3.05) is 16.1 Å². The number of hydrogen-bond donors (Lipinski definition) is 3. The fourth-order valence-electron chi connectivity index (χ4n) is 3.66. The topological polar surface area (TPSA) is 143 Å². The highest BCUT2D eigenvalue weighted by molar-refractivity contribution is 6.31. The van der Waals surface area contributed by atoms with Gasteiger partial charge in [-0.25, -0.2) is 9.82 Å². The predicted octanol–water partition coefficient (Wildman–Crippen LogP) is 7.38. The summed E-state index contributed by atoms with van der Waals surface area (Å²) < 4.78 is 19.2. The molecular weight excluding hydrogens is 551 g/mol. The molecule has 11 nitrogen and oxygen atoms in total. The van der Waals surface area contributed by atoms with E-state index in [0.717, 1.165) is 16.8 Å². The first kappa shape index (κ1) is 27.2. The van der Waals surface area contributed by atoms with Crippen LogP contribution in [0.1, 0.15) is 16.9 Å². The summed E-state index contributed by atoms with van der Waals surface area (Å²) in [6, 6.07) is 19.4. The number of halogens is 2. The van der Waals surface area contributed by atoms with E-state index in [2.05, 4.69) is 36.1 Å². The van der Waals surface area contributed by atoms with Crippen LogP contribution in [0.15, 0.2) is 82.3 Å². The normalized spacial score (nSPS) is 11.0. The molecule has 0 saturated heterocycles. The van der Waals surface area contributed by atoms with Crippen LogP contribution in [0.25, 0.3) is 11.3 Å². The van der Waals surface area contributed by atoms with Gasteiger partial charge in [0.1, 0.15) is 17.3 Å². The number of benzene rings is 3. The summed E-state index contributed by atoms with van der Waals surface area (Å²) in [6.45, 7) is 4.02. The maximum absolute atomic E-state index is 13.5. The Hall–Kier alpha value is -5.36. The summed E-state index contributed by atoms with van der Waals surface area (Å²) >= 11 is 5.87. The molecule has 2 heterocycles. The Morgan fingerprint density at radius 1 is 0.878 bits per heavy atom. The molecule has 0 atom stereocenters. The number of nitro benzene ring substituents is 1. The van der Waals surface area contributed by atoms with Crippen LogP contribution in [0.2, 0.25) is 5.02 Å². The predicted molar refractivity (Wildman–Crippen MR) is 156 cm³/mol. The summed E-state index contributed by atoms with van der Waals surface area (Å²) in [4.78, 5) is 23.7. The van der Waals surface area contributed by atoms with Crippen LogP contribution in [0.5, 0.6) is 0 Å². The largest absolute Gasteiger partial charge is 0.455 e. The molecule has 0 aliphatic carbocycles. The van der Waals surface area contributed by atoms with Crippen molar-refractivity contribution in [1.82, 2.24) is 15.0 Å². The van der Waals surface area contributed by atoms with Gasteiger partial charge in [-0.1, -0.05) is 17.7 Å². The summed E-state index contributed by atoms with van der Waals surface area (Å²) in [5.74, 6) is 0.913. The highest BCUT2D eigenvalue weighted by Gasteiger charge is 2.11. The Morgan fingerprint density at radius 3 is 2.24 bits per heavy atom. The average molecular weight is 573 g/mol. The van der Waals surface area contributed by atoms with Crippen molar-refractivity contribution in [1.29, 1.82) is 0 Å². The number of aryl methyl sites for hydroxylation is 2. The summed E-state index contributed by atoms with van der Waals surface area (Å²) in [6.07, 6.45) is 1.43. The molecule has 41 heavy (non-hydrogen) atoms. The van der Waals surface area contributed by atoms with Gasteiger partial charge >= 0.3 is 0 Å². The molecule has 0 aliphatic heterocycles. The second-order valence-corrected chi connectivity index (χ2v) is 9.27. The number of aromatic nitrogens is 3. The van der Waals surface area contributed by atoms with Crippen molar-refractivity contribution in [2.24, 2.45) is 5.10 Å². The zero-order valence-corrected chi connectivity index (χ0v) is 22.5. The first-order valence-corrected chi connectivity index (χ1v) is 12.6. The number of nitro groups is 1. The second kappa shape index (κ2) is 11.8. The van der Waals surface area contributed by atoms with Crippen molar-refractivity contribution < 1.29 is 13.7 Å². The number of nitrogens with one attached hydrogen (secondary N) is 3. The molecule has 3 N–H and O–H groups in total. The van der Waals surface area contributed by atoms with E-state index in [0.29, 0.717) is 22.8 Å². The molecule has 0 saturated carbocycles. The van der Waals surface area contributed by atoms with Gasteiger partial charge in [-0.2, -0.15) is 20.1 Å². The van der Waals surface area contributed by atoms with Gasteiger partial charge in [0, 0.05) is 29.1 Å². The summed E-state index contributed by atoms with van der Waals surface area (Å²) in [5.41, 5.74) is 6.90. The van der Waals surface area contributed by atoms with E-state index in [4.69, 9.17) is 16.0 Å². The number of hydrogen-bond acceptors (Lipinski definition) is 10. The quantitative estimate of drug-likeness (QED) is 0.0935. The van der Waals surface area contributed by atoms with Crippen molar-refractivity contribution in [3.05, 3.63) is 111 Å². The van der Waals surface area contributed by atoms with Crippen LogP contribution in [-0.4, -0.2) is 26.1 Å². The molecule has 206 valence electrons. The molecule has 5 aromatic rings. The lowest BCUT2D eigenvalue weighted by Gasteiger charge is -2.11. The zero-order valence-electron chi connectivity index (χ0n) is 21.7. The Labute approximate surface area is 238 Å². The molecule has 0 spiro atoms. The molecule has 5 rings (SSSR count). The zero-order chi connectivity index (χ0) is 28.9. The molecule has 0 bridgehead atoms. The average Bonchev–Trinajstić information content (AvgIpc) is 3.41. The van der Waals surface area contributed by atoms with Crippen molar-refractivity contribution in [3.63, 3.8) is 0 Å². The molecule has 0 radical (unpaired) electrons. The van der Waals surface area contributed by atoms with Gasteiger partial charge in [0.25, 0.3) is 5.69 Å². The number of furan rings is 1. The van der Waals surface area contributed by atoms with Crippen molar-refractivity contribution in [3.8, 4) is 11.3 Å². The molecule has 0 fully saturated rings. The maximum Gasteiger partial charge on any atom is 0.269 e. The highest BCUT2D eigenvalue weighted by Crippen LogP contribution is 2.26. The summed E-state index contributed by atoms with van der Waals surface area (Å²) in [5, 5.41) is 21.3. The van der Waals surface area contributed by atoms with E-state index in [1.807, 2.05) is 32.0 Å². The van der Waals surface area contributed by atoms with Gasteiger partial charge in [0.2, 0.25) is 17.8 Å². The Balaban J connectivity index is 1.37.